The van der Waals surface area contributed by atoms with Gasteiger partial charge in [0.2, 0.25) is 0 Å². The van der Waals surface area contributed by atoms with E-state index in [0.29, 0.717) is 5.02 Å². The molecule has 0 saturated heterocycles. The first kappa shape index (κ1) is 15.1. The number of phenolic OH excluding ortho intramolecular Hbond substituents is 1. The maximum absolute atomic E-state index is 12.1. The van der Waals surface area contributed by atoms with Gasteiger partial charge in [-0.2, -0.15) is 0 Å². The number of hydrogen-bond acceptors (Lipinski definition) is 4. The van der Waals surface area contributed by atoms with Gasteiger partial charge in [0.05, 0.1) is 15.6 Å². The molecule has 0 atom stereocenters. The second-order valence-electron chi connectivity index (χ2n) is 4.04. The second kappa shape index (κ2) is 5.99. The van der Waals surface area contributed by atoms with Gasteiger partial charge in [-0.15, -0.1) is 0 Å². The van der Waals surface area contributed by atoms with Crippen LogP contribution in [0.25, 0.3) is 0 Å². The Kier molecular flexibility index (Phi) is 4.30. The van der Waals surface area contributed by atoms with E-state index in [0.717, 1.165) is 18.2 Å². The number of carbonyl (C=O) groups is 1. The van der Waals surface area contributed by atoms with Gasteiger partial charge < -0.3 is 10.4 Å². The smallest absolute Gasteiger partial charge is 0.282 e. The summed E-state index contributed by atoms with van der Waals surface area (Å²) < 4.78 is 0. The molecule has 0 aliphatic heterocycles. The minimum Gasteiger partial charge on any atom is -0.508 e. The van der Waals surface area contributed by atoms with Crippen LogP contribution in [-0.4, -0.2) is 15.9 Å². The van der Waals surface area contributed by atoms with Gasteiger partial charge in [0.15, 0.2) is 0 Å². The Morgan fingerprint density at radius 1 is 1.19 bits per heavy atom. The Morgan fingerprint density at radius 3 is 2.52 bits per heavy atom. The quantitative estimate of drug-likeness (QED) is 0.661. The highest BCUT2D eigenvalue weighted by Crippen LogP contribution is 2.28. The van der Waals surface area contributed by atoms with Crippen molar-refractivity contribution < 1.29 is 14.8 Å². The predicted molar refractivity (Wildman–Crippen MR) is 79.2 cm³/mol. The molecule has 0 aromatic heterocycles. The Labute approximate surface area is 129 Å². The topological polar surface area (TPSA) is 92.5 Å². The zero-order chi connectivity index (χ0) is 15.6. The van der Waals surface area contributed by atoms with E-state index in [9.17, 15) is 20.0 Å². The van der Waals surface area contributed by atoms with Gasteiger partial charge in [-0.05, 0) is 30.3 Å². The van der Waals surface area contributed by atoms with E-state index >= 15 is 0 Å². The van der Waals surface area contributed by atoms with Crippen LogP contribution >= 0.6 is 23.2 Å². The predicted octanol–water partition coefficient (Wildman–Crippen LogP) is 3.86. The standard InChI is InChI=1S/C13H8Cl2N2O4/c14-7-1-3-11(10(15)5-7)16-13(19)9-6-8(18)2-4-12(9)17(20)21/h1-6,18H,(H,16,19). The zero-order valence-corrected chi connectivity index (χ0v) is 11.9. The van der Waals surface area contributed by atoms with Crippen molar-refractivity contribution in [1.29, 1.82) is 0 Å². The van der Waals surface area contributed by atoms with Gasteiger partial charge in [0, 0.05) is 11.1 Å². The van der Waals surface area contributed by atoms with E-state index in [-0.39, 0.29) is 22.0 Å². The van der Waals surface area contributed by atoms with Crippen molar-refractivity contribution in [3.63, 3.8) is 0 Å². The number of phenols is 1. The molecule has 1 amide bonds. The lowest BCUT2D eigenvalue weighted by molar-refractivity contribution is -0.385. The summed E-state index contributed by atoms with van der Waals surface area (Å²) >= 11 is 11.7. The van der Waals surface area contributed by atoms with Crippen LogP contribution in [0.3, 0.4) is 0 Å². The maximum Gasteiger partial charge on any atom is 0.282 e. The van der Waals surface area contributed by atoms with Crippen molar-refractivity contribution in [2.45, 2.75) is 0 Å². The second-order valence-corrected chi connectivity index (χ2v) is 4.88. The van der Waals surface area contributed by atoms with Crippen LogP contribution in [0.15, 0.2) is 36.4 Å². The van der Waals surface area contributed by atoms with E-state index < -0.39 is 16.5 Å². The van der Waals surface area contributed by atoms with E-state index in [1.165, 1.54) is 18.2 Å². The van der Waals surface area contributed by atoms with E-state index in [1.807, 2.05) is 0 Å². The first-order valence-corrected chi connectivity index (χ1v) is 6.38. The number of rotatable bonds is 3. The molecule has 0 aliphatic carbocycles. The first-order chi connectivity index (χ1) is 9.88. The van der Waals surface area contributed by atoms with Crippen LogP contribution in [0.4, 0.5) is 11.4 Å². The molecule has 21 heavy (non-hydrogen) atoms. The molecule has 2 aromatic carbocycles. The SMILES string of the molecule is O=C(Nc1ccc(Cl)cc1Cl)c1cc(O)ccc1[N+](=O)[O-]. The highest BCUT2D eigenvalue weighted by molar-refractivity contribution is 6.36. The average Bonchev–Trinajstić information content (AvgIpc) is 2.41. The monoisotopic (exact) mass is 326 g/mol. The van der Waals surface area contributed by atoms with Gasteiger partial charge in [-0.25, -0.2) is 0 Å². The Bertz CT molecular complexity index is 734. The molecule has 0 unspecified atom stereocenters. The lowest BCUT2D eigenvalue weighted by Gasteiger charge is -2.08. The number of nitrogens with zero attached hydrogens (tertiary/aromatic N) is 1. The van der Waals surface area contributed by atoms with Crippen LogP contribution in [0, 0.1) is 10.1 Å². The molecule has 0 saturated carbocycles. The van der Waals surface area contributed by atoms with Gasteiger partial charge in [-0.3, -0.25) is 14.9 Å². The summed E-state index contributed by atoms with van der Waals surface area (Å²) in [7, 11) is 0. The van der Waals surface area contributed by atoms with E-state index in [4.69, 9.17) is 23.2 Å². The minimum atomic E-state index is -0.762. The maximum atomic E-state index is 12.1. The summed E-state index contributed by atoms with van der Waals surface area (Å²) in [6, 6.07) is 7.60. The van der Waals surface area contributed by atoms with Crippen LogP contribution in [0.1, 0.15) is 10.4 Å². The minimum absolute atomic E-state index is 0.193. The molecule has 8 heteroatoms. The number of nitro benzene ring substituents is 1. The number of benzene rings is 2. The lowest BCUT2D eigenvalue weighted by Crippen LogP contribution is -2.14. The van der Waals surface area contributed by atoms with Crippen LogP contribution < -0.4 is 5.32 Å². The van der Waals surface area contributed by atoms with Gasteiger partial charge >= 0.3 is 0 Å². The highest BCUT2D eigenvalue weighted by atomic mass is 35.5. The summed E-state index contributed by atoms with van der Waals surface area (Å²) in [6.45, 7) is 0. The lowest BCUT2D eigenvalue weighted by atomic mass is 10.1. The molecule has 2 N–H and O–H groups in total. The van der Waals surface area contributed by atoms with Crippen molar-refractivity contribution >= 4 is 40.5 Å². The molecule has 2 rings (SSSR count). The van der Waals surface area contributed by atoms with Crippen LogP contribution in [-0.2, 0) is 0 Å². The van der Waals surface area contributed by atoms with Crippen molar-refractivity contribution in [1.82, 2.24) is 0 Å². The fourth-order valence-electron chi connectivity index (χ4n) is 1.65. The normalized spacial score (nSPS) is 10.2. The molecule has 0 fully saturated rings. The largest absolute Gasteiger partial charge is 0.508 e. The van der Waals surface area contributed by atoms with Crippen molar-refractivity contribution in [3.05, 3.63) is 62.1 Å². The zero-order valence-electron chi connectivity index (χ0n) is 10.3. The molecule has 6 nitrogen and oxygen atoms in total. The van der Waals surface area contributed by atoms with Crippen molar-refractivity contribution in [2.24, 2.45) is 0 Å². The molecule has 0 radical (unpaired) electrons. The molecule has 0 spiro atoms. The highest BCUT2D eigenvalue weighted by Gasteiger charge is 2.21. The van der Waals surface area contributed by atoms with Crippen molar-refractivity contribution in [3.8, 4) is 5.75 Å². The van der Waals surface area contributed by atoms with E-state index in [2.05, 4.69) is 5.32 Å². The van der Waals surface area contributed by atoms with Gasteiger partial charge in [0.1, 0.15) is 11.3 Å². The molecule has 0 aliphatic rings. The summed E-state index contributed by atoms with van der Waals surface area (Å²) in [6.07, 6.45) is 0. The van der Waals surface area contributed by atoms with Crippen LogP contribution in [0.5, 0.6) is 5.75 Å². The van der Waals surface area contributed by atoms with E-state index in [1.54, 1.807) is 0 Å². The van der Waals surface area contributed by atoms with Crippen LogP contribution in [0.2, 0.25) is 10.0 Å². The summed E-state index contributed by atoms with van der Waals surface area (Å²) in [5, 5.41) is 23.3. The molecule has 0 heterocycles. The van der Waals surface area contributed by atoms with Crippen molar-refractivity contribution in [2.75, 3.05) is 5.32 Å². The number of nitro groups is 1. The molecule has 0 bridgehead atoms. The molecular formula is C13H8Cl2N2O4. The number of halogens is 2. The summed E-state index contributed by atoms with van der Waals surface area (Å²) in [5.41, 5.74) is -0.440. The number of aromatic hydroxyl groups is 1. The first-order valence-electron chi connectivity index (χ1n) is 5.62. The third kappa shape index (κ3) is 3.42. The summed E-state index contributed by atoms with van der Waals surface area (Å²) in [4.78, 5) is 22.3. The number of carbonyl (C=O) groups excluding carboxylic acids is 1. The fourth-order valence-corrected chi connectivity index (χ4v) is 2.10. The Morgan fingerprint density at radius 2 is 1.90 bits per heavy atom. The molecule has 108 valence electrons. The van der Waals surface area contributed by atoms with Gasteiger partial charge in [-0.1, -0.05) is 23.2 Å². The average molecular weight is 327 g/mol. The van der Waals surface area contributed by atoms with Gasteiger partial charge in [0.25, 0.3) is 11.6 Å². The number of amides is 1. The Hall–Kier alpha value is -2.31. The fraction of sp³-hybridized carbons (Fsp3) is 0. The number of anilines is 1. The molecule has 2 aromatic rings. The molecular weight excluding hydrogens is 319 g/mol. The number of nitrogens with one attached hydrogen (secondary N) is 1. The third-order valence-corrected chi connectivity index (χ3v) is 3.15. The number of hydrogen-bond donors (Lipinski definition) is 2. The summed E-state index contributed by atoms with van der Waals surface area (Å²) in [5.74, 6) is -1.02. The Balaban J connectivity index is 2.36. The third-order valence-electron chi connectivity index (χ3n) is 2.60.